The second-order valence-electron chi connectivity index (χ2n) is 7.07. The summed E-state index contributed by atoms with van der Waals surface area (Å²) in [5.41, 5.74) is 3.10. The SMILES string of the molecule is CCOC(=O)c1nc(-c2cc(C(=O)NC(C)CC)c(C)n2CC(C)C)cs1. The molecule has 0 bridgehead atoms. The summed E-state index contributed by atoms with van der Waals surface area (Å²) in [6.07, 6.45) is 0.874. The zero-order valence-electron chi connectivity index (χ0n) is 17.0. The van der Waals surface area contributed by atoms with Gasteiger partial charge in [-0.25, -0.2) is 9.78 Å². The van der Waals surface area contributed by atoms with E-state index in [2.05, 4.69) is 28.7 Å². The summed E-state index contributed by atoms with van der Waals surface area (Å²) in [6.45, 7) is 13.1. The molecule has 6 nitrogen and oxygen atoms in total. The van der Waals surface area contributed by atoms with Crippen molar-refractivity contribution in [1.29, 1.82) is 0 Å². The molecule has 0 radical (unpaired) electrons. The van der Waals surface area contributed by atoms with Crippen molar-refractivity contribution in [2.45, 2.75) is 60.5 Å². The van der Waals surface area contributed by atoms with Gasteiger partial charge in [0.25, 0.3) is 5.91 Å². The molecule has 1 atom stereocenters. The van der Waals surface area contributed by atoms with Gasteiger partial charge in [0.1, 0.15) is 0 Å². The lowest BCUT2D eigenvalue weighted by atomic mass is 10.2. The predicted molar refractivity (Wildman–Crippen MR) is 108 cm³/mol. The molecule has 7 heteroatoms. The Bertz CT molecular complexity index is 807. The van der Waals surface area contributed by atoms with Crippen molar-refractivity contribution in [1.82, 2.24) is 14.9 Å². The second kappa shape index (κ2) is 9.17. The van der Waals surface area contributed by atoms with Gasteiger partial charge in [-0.15, -0.1) is 11.3 Å². The second-order valence-corrected chi connectivity index (χ2v) is 7.93. The molecule has 2 heterocycles. The fourth-order valence-electron chi connectivity index (χ4n) is 2.77. The number of amides is 1. The first-order chi connectivity index (χ1) is 12.8. The summed E-state index contributed by atoms with van der Waals surface area (Å²) in [7, 11) is 0. The highest BCUT2D eigenvalue weighted by Crippen LogP contribution is 2.28. The Morgan fingerprint density at radius 3 is 2.59 bits per heavy atom. The average Bonchev–Trinajstić information content (AvgIpc) is 3.20. The Labute approximate surface area is 164 Å². The van der Waals surface area contributed by atoms with Crippen molar-refractivity contribution < 1.29 is 14.3 Å². The normalized spacial score (nSPS) is 12.3. The Morgan fingerprint density at radius 1 is 1.30 bits per heavy atom. The highest BCUT2D eigenvalue weighted by molar-refractivity contribution is 7.11. The van der Waals surface area contributed by atoms with E-state index in [1.807, 2.05) is 32.2 Å². The molecule has 0 saturated heterocycles. The van der Waals surface area contributed by atoms with Crippen LogP contribution in [0.3, 0.4) is 0 Å². The van der Waals surface area contributed by atoms with Gasteiger partial charge in [0.2, 0.25) is 5.01 Å². The van der Waals surface area contributed by atoms with Gasteiger partial charge in [-0.2, -0.15) is 0 Å². The van der Waals surface area contributed by atoms with Crippen LogP contribution in [-0.2, 0) is 11.3 Å². The molecule has 27 heavy (non-hydrogen) atoms. The van der Waals surface area contributed by atoms with Crippen molar-refractivity contribution in [2.24, 2.45) is 5.92 Å². The van der Waals surface area contributed by atoms with E-state index in [0.717, 1.165) is 24.4 Å². The minimum Gasteiger partial charge on any atom is -0.461 e. The maximum Gasteiger partial charge on any atom is 0.367 e. The fraction of sp³-hybridized carbons (Fsp3) is 0.550. The lowest BCUT2D eigenvalue weighted by Crippen LogP contribution is -2.32. The topological polar surface area (TPSA) is 73.2 Å². The van der Waals surface area contributed by atoms with Crippen LogP contribution in [0.4, 0.5) is 0 Å². The molecule has 1 N–H and O–H groups in total. The van der Waals surface area contributed by atoms with E-state index in [1.54, 1.807) is 6.92 Å². The predicted octanol–water partition coefficient (Wildman–Crippen LogP) is 4.28. The lowest BCUT2D eigenvalue weighted by Gasteiger charge is -2.14. The van der Waals surface area contributed by atoms with Gasteiger partial charge in [-0.3, -0.25) is 4.79 Å². The molecule has 2 rings (SSSR count). The first-order valence-corrected chi connectivity index (χ1v) is 10.3. The summed E-state index contributed by atoms with van der Waals surface area (Å²) >= 11 is 1.26. The van der Waals surface area contributed by atoms with Crippen molar-refractivity contribution in [3.63, 3.8) is 0 Å². The number of thiazole rings is 1. The van der Waals surface area contributed by atoms with Crippen LogP contribution >= 0.6 is 11.3 Å². The third-order valence-electron chi connectivity index (χ3n) is 4.37. The van der Waals surface area contributed by atoms with E-state index in [1.165, 1.54) is 11.3 Å². The molecule has 0 saturated carbocycles. The summed E-state index contributed by atoms with van der Waals surface area (Å²) in [6, 6.07) is 1.99. The third kappa shape index (κ3) is 4.97. The Morgan fingerprint density at radius 2 is 2.00 bits per heavy atom. The van der Waals surface area contributed by atoms with Gasteiger partial charge in [0.15, 0.2) is 0 Å². The average molecular weight is 392 g/mol. The number of carbonyl (C=O) groups excluding carboxylic acids is 2. The van der Waals surface area contributed by atoms with Crippen LogP contribution in [0, 0.1) is 12.8 Å². The van der Waals surface area contributed by atoms with Crippen LogP contribution < -0.4 is 5.32 Å². The standard InChI is InChI=1S/C20H29N3O3S/c1-7-13(5)21-18(24)15-9-17(23(14(15)6)10-12(3)4)16-11-27-19(22-16)20(25)26-8-2/h9,11-13H,7-8,10H2,1-6H3,(H,21,24). The summed E-state index contributed by atoms with van der Waals surface area (Å²) in [5, 5.41) is 5.20. The zero-order valence-corrected chi connectivity index (χ0v) is 17.8. The van der Waals surface area contributed by atoms with Crippen LogP contribution in [0.25, 0.3) is 11.4 Å². The van der Waals surface area contributed by atoms with Gasteiger partial charge in [-0.1, -0.05) is 20.8 Å². The van der Waals surface area contributed by atoms with E-state index in [0.29, 0.717) is 28.8 Å². The lowest BCUT2D eigenvalue weighted by molar-refractivity contribution is 0.0526. The van der Waals surface area contributed by atoms with Gasteiger partial charge >= 0.3 is 5.97 Å². The molecule has 0 fully saturated rings. The highest BCUT2D eigenvalue weighted by Gasteiger charge is 2.22. The van der Waals surface area contributed by atoms with Gasteiger partial charge in [0, 0.05) is 23.7 Å². The number of hydrogen-bond acceptors (Lipinski definition) is 5. The number of nitrogens with one attached hydrogen (secondary N) is 1. The van der Waals surface area contributed by atoms with Crippen LogP contribution in [-0.4, -0.2) is 34.1 Å². The van der Waals surface area contributed by atoms with Crippen LogP contribution in [0.1, 0.15) is 66.9 Å². The largest absolute Gasteiger partial charge is 0.461 e. The van der Waals surface area contributed by atoms with E-state index < -0.39 is 5.97 Å². The first-order valence-electron chi connectivity index (χ1n) is 9.42. The molecule has 2 aromatic rings. The summed E-state index contributed by atoms with van der Waals surface area (Å²) in [5.74, 6) is -0.0860. The quantitative estimate of drug-likeness (QED) is 0.682. The van der Waals surface area contributed by atoms with Crippen LogP contribution in [0.2, 0.25) is 0 Å². The number of esters is 1. The number of rotatable bonds is 8. The Balaban J connectivity index is 2.44. The number of carbonyl (C=O) groups is 2. The van der Waals surface area contributed by atoms with E-state index in [4.69, 9.17) is 4.74 Å². The maximum atomic E-state index is 12.7. The molecular weight excluding hydrogens is 362 g/mol. The maximum absolute atomic E-state index is 12.7. The molecule has 0 aromatic carbocycles. The minimum atomic E-state index is -0.415. The Hall–Kier alpha value is -2.15. The number of ether oxygens (including phenoxy) is 1. The molecule has 0 aliphatic heterocycles. The first kappa shape index (κ1) is 21.2. The molecule has 148 valence electrons. The van der Waals surface area contributed by atoms with E-state index >= 15 is 0 Å². The molecule has 2 aromatic heterocycles. The van der Waals surface area contributed by atoms with Crippen LogP contribution in [0.5, 0.6) is 0 Å². The minimum absolute atomic E-state index is 0.0774. The molecule has 0 aliphatic rings. The third-order valence-corrected chi connectivity index (χ3v) is 5.19. The van der Waals surface area contributed by atoms with Crippen molar-refractivity contribution in [3.8, 4) is 11.4 Å². The summed E-state index contributed by atoms with van der Waals surface area (Å²) in [4.78, 5) is 29.1. The molecule has 1 unspecified atom stereocenters. The van der Waals surface area contributed by atoms with Gasteiger partial charge in [-0.05, 0) is 39.2 Å². The number of aromatic nitrogens is 2. The number of hydrogen-bond donors (Lipinski definition) is 1. The summed E-state index contributed by atoms with van der Waals surface area (Å²) < 4.78 is 7.14. The van der Waals surface area contributed by atoms with Crippen molar-refractivity contribution in [2.75, 3.05) is 6.61 Å². The van der Waals surface area contributed by atoms with Crippen molar-refractivity contribution >= 4 is 23.2 Å². The molecule has 0 aliphatic carbocycles. The van der Waals surface area contributed by atoms with Gasteiger partial charge in [0.05, 0.1) is 23.6 Å². The highest BCUT2D eigenvalue weighted by atomic mass is 32.1. The Kier molecular flexibility index (Phi) is 7.18. The van der Waals surface area contributed by atoms with Crippen LogP contribution in [0.15, 0.2) is 11.4 Å². The van der Waals surface area contributed by atoms with E-state index in [-0.39, 0.29) is 11.9 Å². The molecule has 0 spiro atoms. The molecule has 1 amide bonds. The van der Waals surface area contributed by atoms with Gasteiger partial charge < -0.3 is 14.6 Å². The monoisotopic (exact) mass is 391 g/mol. The molecular formula is C20H29N3O3S. The zero-order chi connectivity index (χ0) is 20.1. The fourth-order valence-corrected chi connectivity index (χ4v) is 3.47. The van der Waals surface area contributed by atoms with Crippen molar-refractivity contribution in [3.05, 3.63) is 27.7 Å². The van der Waals surface area contributed by atoms with E-state index in [9.17, 15) is 9.59 Å². The smallest absolute Gasteiger partial charge is 0.367 e. The number of nitrogens with zero attached hydrogens (tertiary/aromatic N) is 2.